The van der Waals surface area contributed by atoms with Gasteiger partial charge in [0.25, 0.3) is 0 Å². The summed E-state index contributed by atoms with van der Waals surface area (Å²) < 4.78 is 5.32. The molecule has 0 saturated carbocycles. The molecule has 0 aromatic heterocycles. The summed E-state index contributed by atoms with van der Waals surface area (Å²) in [5.74, 6) is 0.300. The van der Waals surface area contributed by atoms with Gasteiger partial charge in [-0.1, -0.05) is 25.5 Å². The Morgan fingerprint density at radius 2 is 2.38 bits per heavy atom. The third kappa shape index (κ3) is 2.87. The lowest BCUT2D eigenvalue weighted by Crippen LogP contribution is -2.26. The summed E-state index contributed by atoms with van der Waals surface area (Å²) in [5, 5.41) is 0. The number of carbonyl (C=O) groups is 1. The maximum Gasteiger partial charge on any atom is 0.305 e. The minimum Gasteiger partial charge on any atom is -0.462 e. The zero-order chi connectivity index (χ0) is 9.84. The monoisotopic (exact) mass is 182 g/mol. The standard InChI is InChI=1S/C11H18O2/c1-4-11(12)13-10-6-5-8(2)7-9(10)3/h7,9-10H,4-6H2,1-3H3. The Bertz CT molecular complexity index is 218. The van der Waals surface area contributed by atoms with Crippen molar-refractivity contribution in [2.24, 2.45) is 5.92 Å². The van der Waals surface area contributed by atoms with Gasteiger partial charge in [-0.2, -0.15) is 0 Å². The second-order valence-electron chi connectivity index (χ2n) is 3.79. The third-order valence-corrected chi connectivity index (χ3v) is 2.53. The summed E-state index contributed by atoms with van der Waals surface area (Å²) in [4.78, 5) is 11.1. The average molecular weight is 182 g/mol. The molecule has 0 bridgehead atoms. The van der Waals surface area contributed by atoms with Gasteiger partial charge in [0.15, 0.2) is 0 Å². The van der Waals surface area contributed by atoms with Crippen LogP contribution in [0.1, 0.15) is 40.0 Å². The Morgan fingerprint density at radius 3 is 2.92 bits per heavy atom. The summed E-state index contributed by atoms with van der Waals surface area (Å²) in [6.45, 7) is 6.07. The average Bonchev–Trinajstić information content (AvgIpc) is 2.09. The van der Waals surface area contributed by atoms with Crippen LogP contribution in [0.5, 0.6) is 0 Å². The van der Waals surface area contributed by atoms with E-state index in [-0.39, 0.29) is 12.1 Å². The van der Waals surface area contributed by atoms with E-state index in [0.717, 1.165) is 12.8 Å². The maximum absolute atomic E-state index is 11.1. The predicted octanol–water partition coefficient (Wildman–Crippen LogP) is 2.68. The van der Waals surface area contributed by atoms with Gasteiger partial charge in [0, 0.05) is 12.3 Å². The van der Waals surface area contributed by atoms with E-state index in [2.05, 4.69) is 19.9 Å². The molecule has 2 heteroatoms. The number of allylic oxidation sites excluding steroid dienone is 1. The summed E-state index contributed by atoms with van der Waals surface area (Å²) in [6, 6.07) is 0. The maximum atomic E-state index is 11.1. The van der Waals surface area contributed by atoms with E-state index in [0.29, 0.717) is 12.3 Å². The van der Waals surface area contributed by atoms with Crippen LogP contribution in [0.3, 0.4) is 0 Å². The lowest BCUT2D eigenvalue weighted by molar-refractivity contribution is -0.150. The van der Waals surface area contributed by atoms with E-state index in [1.54, 1.807) is 0 Å². The van der Waals surface area contributed by atoms with Crippen molar-refractivity contribution in [3.05, 3.63) is 11.6 Å². The Kier molecular flexibility index (Phi) is 3.52. The summed E-state index contributed by atoms with van der Waals surface area (Å²) in [6.07, 6.45) is 4.83. The molecule has 13 heavy (non-hydrogen) atoms. The van der Waals surface area contributed by atoms with Crippen LogP contribution in [0.2, 0.25) is 0 Å². The SMILES string of the molecule is CCC(=O)OC1CCC(C)=CC1C. The normalized spacial score (nSPS) is 28.1. The predicted molar refractivity (Wildman–Crippen MR) is 52.3 cm³/mol. The van der Waals surface area contributed by atoms with Crippen LogP contribution in [0.15, 0.2) is 11.6 Å². The smallest absolute Gasteiger partial charge is 0.305 e. The molecule has 0 aromatic rings. The fourth-order valence-corrected chi connectivity index (χ4v) is 1.69. The molecule has 2 nitrogen and oxygen atoms in total. The number of carbonyl (C=O) groups excluding carboxylic acids is 1. The molecule has 0 amide bonds. The largest absolute Gasteiger partial charge is 0.462 e. The van der Waals surface area contributed by atoms with E-state index in [4.69, 9.17) is 4.74 Å². The van der Waals surface area contributed by atoms with E-state index >= 15 is 0 Å². The lowest BCUT2D eigenvalue weighted by Gasteiger charge is -2.26. The molecule has 0 radical (unpaired) electrons. The molecule has 1 aliphatic carbocycles. The van der Waals surface area contributed by atoms with Gasteiger partial charge in [-0.15, -0.1) is 0 Å². The third-order valence-electron chi connectivity index (χ3n) is 2.53. The second-order valence-corrected chi connectivity index (χ2v) is 3.79. The molecule has 2 atom stereocenters. The van der Waals surface area contributed by atoms with Gasteiger partial charge in [-0.3, -0.25) is 4.79 Å². The highest BCUT2D eigenvalue weighted by Gasteiger charge is 2.22. The van der Waals surface area contributed by atoms with Crippen molar-refractivity contribution in [2.75, 3.05) is 0 Å². The van der Waals surface area contributed by atoms with Crippen LogP contribution in [-0.4, -0.2) is 12.1 Å². The fraction of sp³-hybridized carbons (Fsp3) is 0.727. The number of rotatable bonds is 2. The Balaban J connectivity index is 2.49. The molecule has 0 spiro atoms. The Morgan fingerprint density at radius 1 is 1.69 bits per heavy atom. The molecule has 1 rings (SSSR count). The molecule has 74 valence electrons. The zero-order valence-electron chi connectivity index (χ0n) is 8.67. The fourth-order valence-electron chi connectivity index (χ4n) is 1.69. The van der Waals surface area contributed by atoms with Gasteiger partial charge in [-0.25, -0.2) is 0 Å². The van der Waals surface area contributed by atoms with E-state index in [9.17, 15) is 4.79 Å². The molecule has 0 heterocycles. The van der Waals surface area contributed by atoms with Crippen molar-refractivity contribution in [1.82, 2.24) is 0 Å². The van der Waals surface area contributed by atoms with Gasteiger partial charge >= 0.3 is 5.97 Å². The Labute approximate surface area is 80.0 Å². The van der Waals surface area contributed by atoms with E-state index < -0.39 is 0 Å². The van der Waals surface area contributed by atoms with Crippen LogP contribution < -0.4 is 0 Å². The van der Waals surface area contributed by atoms with Crippen molar-refractivity contribution in [3.63, 3.8) is 0 Å². The highest BCUT2D eigenvalue weighted by molar-refractivity contribution is 5.69. The molecule has 0 aliphatic heterocycles. The van der Waals surface area contributed by atoms with Gasteiger partial charge in [-0.05, 0) is 19.8 Å². The number of hydrogen-bond acceptors (Lipinski definition) is 2. The molecule has 1 aliphatic rings. The van der Waals surface area contributed by atoms with Crippen LogP contribution in [-0.2, 0) is 9.53 Å². The minimum atomic E-state index is -0.0789. The number of ether oxygens (including phenoxy) is 1. The van der Waals surface area contributed by atoms with Crippen molar-refractivity contribution in [1.29, 1.82) is 0 Å². The number of hydrogen-bond donors (Lipinski definition) is 0. The molecular weight excluding hydrogens is 164 g/mol. The first-order valence-electron chi connectivity index (χ1n) is 5.00. The first-order chi connectivity index (χ1) is 6.13. The first kappa shape index (κ1) is 10.3. The first-order valence-corrected chi connectivity index (χ1v) is 5.00. The zero-order valence-corrected chi connectivity index (χ0v) is 8.67. The van der Waals surface area contributed by atoms with Crippen molar-refractivity contribution >= 4 is 5.97 Å². The van der Waals surface area contributed by atoms with E-state index in [1.807, 2.05) is 6.92 Å². The minimum absolute atomic E-state index is 0.0789. The topological polar surface area (TPSA) is 26.3 Å². The highest BCUT2D eigenvalue weighted by atomic mass is 16.5. The van der Waals surface area contributed by atoms with Crippen LogP contribution in [0.4, 0.5) is 0 Å². The molecule has 0 saturated heterocycles. The lowest BCUT2D eigenvalue weighted by atomic mass is 9.90. The van der Waals surface area contributed by atoms with Crippen molar-refractivity contribution in [3.8, 4) is 0 Å². The van der Waals surface area contributed by atoms with Gasteiger partial charge < -0.3 is 4.74 Å². The van der Waals surface area contributed by atoms with Gasteiger partial charge in [0.05, 0.1) is 0 Å². The van der Waals surface area contributed by atoms with Crippen molar-refractivity contribution in [2.45, 2.75) is 46.1 Å². The van der Waals surface area contributed by atoms with Crippen LogP contribution >= 0.6 is 0 Å². The molecule has 0 fully saturated rings. The second kappa shape index (κ2) is 4.45. The highest BCUT2D eigenvalue weighted by Crippen LogP contribution is 2.25. The van der Waals surface area contributed by atoms with Gasteiger partial charge in [0.1, 0.15) is 6.10 Å². The number of esters is 1. The quantitative estimate of drug-likeness (QED) is 0.485. The molecule has 0 aromatic carbocycles. The summed E-state index contributed by atoms with van der Waals surface area (Å²) >= 11 is 0. The van der Waals surface area contributed by atoms with Gasteiger partial charge in [0.2, 0.25) is 0 Å². The van der Waals surface area contributed by atoms with Crippen molar-refractivity contribution < 1.29 is 9.53 Å². The molecule has 2 unspecified atom stereocenters. The summed E-state index contributed by atoms with van der Waals surface area (Å²) in [7, 11) is 0. The Hall–Kier alpha value is -0.790. The molecular formula is C11H18O2. The summed E-state index contributed by atoms with van der Waals surface area (Å²) in [5.41, 5.74) is 1.41. The van der Waals surface area contributed by atoms with Crippen LogP contribution in [0.25, 0.3) is 0 Å². The molecule has 0 N–H and O–H groups in total. The van der Waals surface area contributed by atoms with E-state index in [1.165, 1.54) is 5.57 Å². The van der Waals surface area contributed by atoms with Crippen LogP contribution in [0, 0.1) is 5.92 Å².